The van der Waals surface area contributed by atoms with Gasteiger partial charge in [-0.1, -0.05) is 37.1 Å². The average molecular weight is 226 g/mol. The molecule has 1 N–H and O–H groups in total. The van der Waals surface area contributed by atoms with Crippen LogP contribution in [0.1, 0.15) is 29.9 Å². The van der Waals surface area contributed by atoms with Crippen molar-refractivity contribution in [3.63, 3.8) is 0 Å². The number of benzene rings is 1. The predicted molar refractivity (Wildman–Crippen MR) is 59.7 cm³/mol. The van der Waals surface area contributed by atoms with Gasteiger partial charge in [-0.15, -0.1) is 0 Å². The summed E-state index contributed by atoms with van der Waals surface area (Å²) in [5.41, 5.74) is -2.47. The van der Waals surface area contributed by atoms with Crippen LogP contribution in [0.25, 0.3) is 0 Å². The minimum Gasteiger partial charge on any atom is -0.319 e. The maximum absolute atomic E-state index is 12.7. The summed E-state index contributed by atoms with van der Waals surface area (Å²) in [6, 6.07) is -4.52. The van der Waals surface area contributed by atoms with Gasteiger partial charge in [-0.3, -0.25) is 9.69 Å². The van der Waals surface area contributed by atoms with Crippen LogP contribution in [-0.4, -0.2) is 23.8 Å². The number of rotatable bonds is 2. The Labute approximate surface area is 105 Å². The zero-order valence-corrected chi connectivity index (χ0v) is 8.47. The van der Waals surface area contributed by atoms with E-state index in [0.717, 1.165) is 0 Å². The van der Waals surface area contributed by atoms with Crippen molar-refractivity contribution in [1.82, 2.24) is 10.2 Å². The first-order chi connectivity index (χ1) is 10.9. The molecule has 1 aliphatic rings. The van der Waals surface area contributed by atoms with Gasteiger partial charge < -0.3 is 5.32 Å². The summed E-state index contributed by atoms with van der Waals surface area (Å²) >= 11 is 0. The number of hydrogen-bond donors (Lipinski definition) is 1. The van der Waals surface area contributed by atoms with Gasteiger partial charge in [0.25, 0.3) is 5.91 Å². The predicted octanol–water partition coefficient (Wildman–Crippen LogP) is 1.47. The monoisotopic (exact) mass is 226 g/mol. The van der Waals surface area contributed by atoms with Gasteiger partial charge >= 0.3 is 6.03 Å². The van der Waals surface area contributed by atoms with Gasteiger partial charge in [0.2, 0.25) is 0 Å². The first-order valence-corrected chi connectivity index (χ1v) is 4.64. The van der Waals surface area contributed by atoms with E-state index in [9.17, 15) is 9.59 Å². The van der Waals surface area contributed by atoms with E-state index >= 15 is 0 Å². The van der Waals surface area contributed by atoms with Crippen LogP contribution in [0.4, 0.5) is 4.79 Å². The number of imide groups is 1. The lowest BCUT2D eigenvalue weighted by atomic mass is 9.87. The van der Waals surface area contributed by atoms with Crippen molar-refractivity contribution in [2.45, 2.75) is 18.9 Å². The first kappa shape index (κ1) is 4.57. The Balaban J connectivity index is 2.80. The fraction of sp³-hybridized carbons (Fsp3) is 0.333. The molecule has 0 saturated carbocycles. The Morgan fingerprint density at radius 1 is 1.44 bits per heavy atom. The molecule has 1 aromatic carbocycles. The van der Waals surface area contributed by atoms with Crippen LogP contribution in [0.2, 0.25) is 0 Å². The molecule has 0 aromatic heterocycles. The molecule has 0 bridgehead atoms. The first-order valence-electron chi connectivity index (χ1n) is 8.64. The number of carbonyl (C=O) groups excluding carboxylic acids is 2. The lowest BCUT2D eigenvalue weighted by Gasteiger charge is -2.25. The van der Waals surface area contributed by atoms with Crippen molar-refractivity contribution < 1.29 is 20.6 Å². The third-order valence-electron chi connectivity index (χ3n) is 2.55. The molecular formula is C12H14N2O2. The van der Waals surface area contributed by atoms with E-state index in [0.29, 0.717) is 0 Å². The van der Waals surface area contributed by atoms with Crippen LogP contribution in [0.3, 0.4) is 0 Å². The topological polar surface area (TPSA) is 49.4 Å². The molecule has 0 spiro atoms. The molecule has 2 rings (SSSR count). The summed E-state index contributed by atoms with van der Waals surface area (Å²) in [7, 11) is 0. The van der Waals surface area contributed by atoms with Crippen LogP contribution < -0.4 is 5.32 Å². The number of likely N-dealkylation sites (N-methyl/N-ethyl adjacent to an activating group) is 1. The van der Waals surface area contributed by atoms with Crippen LogP contribution >= 0.6 is 0 Å². The fourth-order valence-electron chi connectivity index (χ4n) is 1.62. The van der Waals surface area contributed by atoms with Crippen molar-refractivity contribution in [2.75, 3.05) is 6.98 Å². The quantitative estimate of drug-likeness (QED) is 0.776. The standard InChI is InChI=1S/C12H14N2O2/c1-3-12(9-7-5-4-6-8-9)10(15)14(2)11(16)13-12/h4-8H,3H2,1-2H3,(H,13,16)/i2D3,4D,5D,6D,7D,8D. The van der Waals surface area contributed by atoms with Gasteiger partial charge in [-0.05, 0) is 12.0 Å². The Hall–Kier alpha value is -1.84. The summed E-state index contributed by atoms with van der Waals surface area (Å²) in [6.45, 7) is -1.60. The van der Waals surface area contributed by atoms with E-state index in [1.54, 1.807) is 0 Å². The number of amides is 3. The number of carbonyl (C=O) groups is 2. The van der Waals surface area contributed by atoms with Crippen molar-refractivity contribution >= 4 is 11.9 Å². The highest BCUT2D eigenvalue weighted by Crippen LogP contribution is 2.31. The molecule has 1 atom stereocenters. The highest BCUT2D eigenvalue weighted by molar-refractivity contribution is 6.07. The van der Waals surface area contributed by atoms with Gasteiger partial charge in [-0.2, -0.15) is 0 Å². The van der Waals surface area contributed by atoms with Crippen molar-refractivity contribution in [1.29, 1.82) is 0 Å². The second kappa shape index (κ2) is 3.63. The highest BCUT2D eigenvalue weighted by atomic mass is 16.2. The molecule has 1 aromatic rings. The average Bonchev–Trinajstić information content (AvgIpc) is 2.74. The number of nitrogens with one attached hydrogen (secondary N) is 1. The Morgan fingerprint density at radius 2 is 2.12 bits per heavy atom. The van der Waals surface area contributed by atoms with Crippen LogP contribution in [-0.2, 0) is 10.3 Å². The normalized spacial score (nSPS) is 32.7. The maximum Gasteiger partial charge on any atom is 0.325 e. The smallest absolute Gasteiger partial charge is 0.319 e. The number of nitrogens with zero attached hydrogens (tertiary/aromatic N) is 1. The molecule has 1 unspecified atom stereocenters. The third kappa shape index (κ3) is 1.30. The minimum atomic E-state index is -3.05. The summed E-state index contributed by atoms with van der Waals surface area (Å²) in [5, 5.41) is 2.20. The van der Waals surface area contributed by atoms with Gasteiger partial charge in [0.15, 0.2) is 0 Å². The Morgan fingerprint density at radius 3 is 2.62 bits per heavy atom. The Kier molecular flexibility index (Phi) is 1.04. The summed E-state index contributed by atoms with van der Waals surface area (Å²) < 4.78 is 60.8. The van der Waals surface area contributed by atoms with E-state index < -0.39 is 60.2 Å². The molecule has 1 saturated heterocycles. The van der Waals surface area contributed by atoms with E-state index in [-0.39, 0.29) is 11.3 Å². The largest absolute Gasteiger partial charge is 0.325 e. The van der Waals surface area contributed by atoms with E-state index in [1.807, 2.05) is 0 Å². The van der Waals surface area contributed by atoms with Crippen LogP contribution in [0.15, 0.2) is 30.2 Å². The van der Waals surface area contributed by atoms with Gasteiger partial charge in [0, 0.05) is 11.1 Å². The van der Waals surface area contributed by atoms with Crippen LogP contribution in [0.5, 0.6) is 0 Å². The van der Waals surface area contributed by atoms with E-state index in [2.05, 4.69) is 5.32 Å². The lowest BCUT2D eigenvalue weighted by molar-refractivity contribution is -0.130. The van der Waals surface area contributed by atoms with Crippen LogP contribution in [0, 0.1) is 0 Å². The molecular weight excluding hydrogens is 204 g/mol. The molecule has 4 heteroatoms. The number of hydrogen-bond acceptors (Lipinski definition) is 2. The van der Waals surface area contributed by atoms with Crippen molar-refractivity contribution in [3.8, 4) is 0 Å². The highest BCUT2D eigenvalue weighted by Gasteiger charge is 2.49. The maximum atomic E-state index is 12.7. The van der Waals surface area contributed by atoms with Gasteiger partial charge in [-0.25, -0.2) is 4.79 Å². The van der Waals surface area contributed by atoms with Crippen molar-refractivity contribution in [2.24, 2.45) is 0 Å². The summed E-state index contributed by atoms with van der Waals surface area (Å²) in [6.07, 6.45) is -0.182. The Bertz CT molecular complexity index is 719. The SMILES string of the molecule is [2H]c1c([2H])c([2H])c(C2(CC)NC(=O)N(C([2H])([2H])[2H])C2=O)c([2H])c1[2H]. The molecule has 4 nitrogen and oxygen atoms in total. The van der Waals surface area contributed by atoms with Gasteiger partial charge in [0.1, 0.15) is 5.54 Å². The lowest BCUT2D eigenvalue weighted by Crippen LogP contribution is -2.43. The molecule has 1 heterocycles. The van der Waals surface area contributed by atoms with Gasteiger partial charge in [0.05, 0.1) is 6.85 Å². The molecule has 3 amide bonds. The number of urea groups is 1. The zero-order valence-electron chi connectivity index (χ0n) is 16.5. The molecule has 1 aliphatic heterocycles. The summed E-state index contributed by atoms with van der Waals surface area (Å²) in [5.74, 6) is -1.17. The minimum absolute atomic E-state index is 0.0389. The molecule has 0 radical (unpaired) electrons. The molecule has 1 fully saturated rings. The molecule has 0 aliphatic carbocycles. The summed E-state index contributed by atoms with van der Waals surface area (Å²) in [4.78, 5) is 24.7. The third-order valence-corrected chi connectivity index (χ3v) is 2.55. The van der Waals surface area contributed by atoms with Crippen molar-refractivity contribution in [3.05, 3.63) is 35.8 Å². The second-order valence-electron chi connectivity index (χ2n) is 3.33. The fourth-order valence-corrected chi connectivity index (χ4v) is 1.62. The zero-order chi connectivity index (χ0) is 18.6. The second-order valence-corrected chi connectivity index (χ2v) is 3.33. The van der Waals surface area contributed by atoms with E-state index in [4.69, 9.17) is 11.0 Å². The molecule has 84 valence electrons. The molecule has 16 heavy (non-hydrogen) atoms. The van der Waals surface area contributed by atoms with E-state index in [1.165, 1.54) is 6.92 Å².